The lowest BCUT2D eigenvalue weighted by atomic mass is 9.85. The summed E-state index contributed by atoms with van der Waals surface area (Å²) in [6, 6.07) is 5.24. The minimum atomic E-state index is -0.431. The van der Waals surface area contributed by atoms with Crippen molar-refractivity contribution in [2.24, 2.45) is 0 Å². The molecule has 1 aromatic heterocycles. The molecule has 2 N–H and O–H groups in total. The third kappa shape index (κ3) is 3.08. The Bertz CT molecular complexity index is 894. The van der Waals surface area contributed by atoms with Crippen molar-refractivity contribution in [3.8, 4) is 17.2 Å². The van der Waals surface area contributed by atoms with Gasteiger partial charge in [-0.05, 0) is 37.1 Å². The van der Waals surface area contributed by atoms with E-state index in [-0.39, 0.29) is 17.5 Å². The molecule has 7 heteroatoms. The van der Waals surface area contributed by atoms with Crippen molar-refractivity contribution in [3.05, 3.63) is 35.7 Å². The quantitative estimate of drug-likeness (QED) is 0.764. The minimum Gasteiger partial charge on any atom is -0.486 e. The Morgan fingerprint density at radius 3 is 2.73 bits per heavy atom. The minimum absolute atomic E-state index is 0.0421. The van der Waals surface area contributed by atoms with Crippen LogP contribution in [0, 0.1) is 10.8 Å². The predicted octanol–water partition coefficient (Wildman–Crippen LogP) is 3.94. The van der Waals surface area contributed by atoms with Crippen molar-refractivity contribution in [1.29, 1.82) is 10.8 Å². The first-order valence-corrected chi connectivity index (χ1v) is 8.47. The van der Waals surface area contributed by atoms with E-state index in [0.717, 1.165) is 25.3 Å². The Hall–Kier alpha value is -3.09. The maximum absolute atomic E-state index is 12.6. The van der Waals surface area contributed by atoms with E-state index in [9.17, 15) is 4.79 Å². The summed E-state index contributed by atoms with van der Waals surface area (Å²) >= 11 is 0. The van der Waals surface area contributed by atoms with Crippen LogP contribution in [0.15, 0.2) is 28.8 Å². The zero-order valence-electron chi connectivity index (χ0n) is 14.7. The number of Topliss-reactive ketones (excluding diaryl/α,β-unsaturated/α-hetero) is 1. The van der Waals surface area contributed by atoms with Gasteiger partial charge in [-0.3, -0.25) is 4.79 Å². The van der Waals surface area contributed by atoms with Crippen LogP contribution in [0.5, 0.6) is 5.75 Å². The van der Waals surface area contributed by atoms with Crippen LogP contribution in [-0.2, 0) is 0 Å². The Kier molecular flexibility index (Phi) is 4.79. The summed E-state index contributed by atoms with van der Waals surface area (Å²) in [6.07, 6.45) is 5.41. The summed E-state index contributed by atoms with van der Waals surface area (Å²) in [5.74, 6) is 1.09. The number of ketones is 1. The topological polar surface area (TPSA) is 113 Å². The zero-order valence-corrected chi connectivity index (χ0v) is 14.7. The van der Waals surface area contributed by atoms with Crippen LogP contribution in [0.3, 0.4) is 0 Å². The van der Waals surface area contributed by atoms with Crippen molar-refractivity contribution >= 4 is 23.8 Å². The highest BCUT2D eigenvalue weighted by Crippen LogP contribution is 2.38. The van der Waals surface area contributed by atoms with E-state index in [2.05, 4.69) is 10.1 Å². The van der Waals surface area contributed by atoms with Gasteiger partial charge in [0, 0.05) is 23.6 Å². The third-order valence-corrected chi connectivity index (χ3v) is 4.73. The van der Waals surface area contributed by atoms with Crippen LogP contribution in [0.4, 0.5) is 0 Å². The lowest BCUT2D eigenvalue weighted by Gasteiger charge is -2.36. The van der Waals surface area contributed by atoms with Gasteiger partial charge in [0.05, 0.1) is 12.0 Å². The Morgan fingerprint density at radius 2 is 2.08 bits per heavy atom. The number of carbonyl (C=O) groups excluding carboxylic acids is 1. The monoisotopic (exact) mass is 352 g/mol. The average molecular weight is 352 g/mol. The number of rotatable bonds is 6. The van der Waals surface area contributed by atoms with Gasteiger partial charge < -0.3 is 20.1 Å². The van der Waals surface area contributed by atoms with Crippen molar-refractivity contribution in [2.45, 2.75) is 38.7 Å². The number of allylic oxidation sites excluding steroid dienone is 2. The van der Waals surface area contributed by atoms with E-state index < -0.39 is 5.60 Å². The summed E-state index contributed by atoms with van der Waals surface area (Å²) in [6.45, 7) is 4.05. The van der Waals surface area contributed by atoms with Gasteiger partial charge in [-0.2, -0.15) is 4.98 Å². The fourth-order valence-corrected chi connectivity index (χ4v) is 3.01. The molecule has 2 heterocycles. The molecule has 0 atom stereocenters. The van der Waals surface area contributed by atoms with E-state index >= 15 is 0 Å². The highest BCUT2D eigenvalue weighted by Gasteiger charge is 2.37. The molecule has 0 saturated carbocycles. The van der Waals surface area contributed by atoms with Crippen LogP contribution >= 0.6 is 0 Å². The SMILES string of the molecule is CCC1(CC)CC(=O)c2cc(-c3nc(/C(C=N)=C/C=N)no3)ccc2O1. The van der Waals surface area contributed by atoms with E-state index in [1.807, 2.05) is 13.8 Å². The summed E-state index contributed by atoms with van der Waals surface area (Å²) in [7, 11) is 0. The van der Waals surface area contributed by atoms with Crippen molar-refractivity contribution in [3.63, 3.8) is 0 Å². The second-order valence-corrected chi connectivity index (χ2v) is 6.16. The second kappa shape index (κ2) is 7.03. The molecule has 0 radical (unpaired) electrons. The molecule has 134 valence electrons. The maximum Gasteiger partial charge on any atom is 0.258 e. The molecular formula is C19H20N4O3. The molecule has 7 nitrogen and oxygen atoms in total. The number of hydrogen-bond acceptors (Lipinski definition) is 7. The maximum atomic E-state index is 12.6. The van der Waals surface area contributed by atoms with Gasteiger partial charge in [0.2, 0.25) is 5.82 Å². The van der Waals surface area contributed by atoms with Gasteiger partial charge in [-0.25, -0.2) is 0 Å². The van der Waals surface area contributed by atoms with Crippen LogP contribution < -0.4 is 4.74 Å². The molecule has 0 spiro atoms. The lowest BCUT2D eigenvalue weighted by Crippen LogP contribution is -2.40. The fraction of sp³-hybridized carbons (Fsp3) is 0.316. The first kappa shape index (κ1) is 17.7. The fourth-order valence-electron chi connectivity index (χ4n) is 3.01. The molecular weight excluding hydrogens is 332 g/mol. The van der Waals surface area contributed by atoms with Gasteiger partial charge in [0.15, 0.2) is 5.78 Å². The highest BCUT2D eigenvalue weighted by atomic mass is 16.5. The molecule has 1 aliphatic rings. The summed E-state index contributed by atoms with van der Waals surface area (Å²) in [5, 5.41) is 18.3. The molecule has 0 bridgehead atoms. The number of hydrogen-bond donors (Lipinski definition) is 2. The van der Waals surface area contributed by atoms with Crippen LogP contribution in [-0.4, -0.2) is 34.0 Å². The molecule has 0 fully saturated rings. The molecule has 1 aliphatic heterocycles. The number of nitrogens with zero attached hydrogens (tertiary/aromatic N) is 2. The van der Waals surface area contributed by atoms with Crippen LogP contribution in [0.25, 0.3) is 17.0 Å². The average Bonchev–Trinajstić information content (AvgIpc) is 3.15. The summed E-state index contributed by atoms with van der Waals surface area (Å²) in [5.41, 5.74) is 1.06. The highest BCUT2D eigenvalue weighted by molar-refractivity contribution is 6.10. The van der Waals surface area contributed by atoms with E-state index in [1.165, 1.54) is 6.08 Å². The smallest absolute Gasteiger partial charge is 0.258 e. The van der Waals surface area contributed by atoms with Crippen molar-refractivity contribution < 1.29 is 14.1 Å². The van der Waals surface area contributed by atoms with Crippen molar-refractivity contribution in [1.82, 2.24) is 10.1 Å². The van der Waals surface area contributed by atoms with Crippen LogP contribution in [0.1, 0.15) is 49.3 Å². The number of aromatic nitrogens is 2. The van der Waals surface area contributed by atoms with Gasteiger partial charge in [0.25, 0.3) is 5.89 Å². The second-order valence-electron chi connectivity index (χ2n) is 6.16. The summed E-state index contributed by atoms with van der Waals surface area (Å²) < 4.78 is 11.4. The molecule has 0 saturated heterocycles. The largest absolute Gasteiger partial charge is 0.486 e. The van der Waals surface area contributed by atoms with Crippen molar-refractivity contribution in [2.75, 3.05) is 0 Å². The molecule has 2 aromatic rings. The Labute approximate surface area is 151 Å². The van der Waals surface area contributed by atoms with Gasteiger partial charge in [-0.15, -0.1) is 0 Å². The van der Waals surface area contributed by atoms with E-state index in [0.29, 0.717) is 28.9 Å². The lowest BCUT2D eigenvalue weighted by molar-refractivity contribution is 0.0350. The normalized spacial score (nSPS) is 15.9. The third-order valence-electron chi connectivity index (χ3n) is 4.73. The van der Waals surface area contributed by atoms with Crippen LogP contribution in [0.2, 0.25) is 0 Å². The Morgan fingerprint density at radius 1 is 1.31 bits per heavy atom. The van der Waals surface area contributed by atoms with Gasteiger partial charge in [0.1, 0.15) is 11.4 Å². The van der Waals surface area contributed by atoms with Gasteiger partial charge in [-0.1, -0.05) is 19.0 Å². The Balaban J connectivity index is 1.96. The van der Waals surface area contributed by atoms with E-state index in [4.69, 9.17) is 20.1 Å². The summed E-state index contributed by atoms with van der Waals surface area (Å²) in [4.78, 5) is 16.9. The zero-order chi connectivity index (χ0) is 18.7. The number of fused-ring (bicyclic) bond motifs is 1. The number of benzene rings is 1. The van der Waals surface area contributed by atoms with E-state index in [1.54, 1.807) is 18.2 Å². The first-order chi connectivity index (χ1) is 12.6. The number of carbonyl (C=O) groups is 1. The standard InChI is InChI=1S/C19H20N4O3/c1-3-19(4-2)10-15(24)14-9-12(5-6-16(14)25-19)18-22-17(23-26-18)13(11-21)7-8-20/h5-9,11,20-21H,3-4,10H2,1-2H3/b13-7+,20-8?,21-11?. The molecule has 1 aromatic carbocycles. The molecule has 0 unspecified atom stereocenters. The molecule has 0 amide bonds. The predicted molar refractivity (Wildman–Crippen MR) is 98.2 cm³/mol. The molecule has 0 aliphatic carbocycles. The molecule has 26 heavy (non-hydrogen) atoms. The van der Waals surface area contributed by atoms with Gasteiger partial charge >= 0.3 is 0 Å². The molecule has 3 rings (SSSR count). The number of nitrogens with one attached hydrogen (secondary N) is 2. The first-order valence-electron chi connectivity index (χ1n) is 8.47. The number of ether oxygens (including phenoxy) is 1.